The second-order valence-corrected chi connectivity index (χ2v) is 4.21. The largest absolute Gasteiger partial charge is 0.506 e. The molecule has 1 aromatic rings. The summed E-state index contributed by atoms with van der Waals surface area (Å²) in [7, 11) is 0. The third-order valence-corrected chi connectivity index (χ3v) is 2.88. The molecular formula is C11H16N2O2. The van der Waals surface area contributed by atoms with Gasteiger partial charge in [0.1, 0.15) is 5.75 Å². The van der Waals surface area contributed by atoms with E-state index in [2.05, 4.69) is 10.3 Å². The Morgan fingerprint density at radius 2 is 2.20 bits per heavy atom. The van der Waals surface area contributed by atoms with Crippen LogP contribution in [0.15, 0.2) is 12.1 Å². The molecule has 4 heteroatoms. The van der Waals surface area contributed by atoms with Crippen molar-refractivity contribution in [2.75, 3.05) is 6.61 Å². The van der Waals surface area contributed by atoms with Crippen molar-refractivity contribution < 1.29 is 10.2 Å². The van der Waals surface area contributed by atoms with Gasteiger partial charge in [-0.25, -0.2) is 0 Å². The van der Waals surface area contributed by atoms with Gasteiger partial charge in [-0.15, -0.1) is 0 Å². The average molecular weight is 208 g/mol. The first kappa shape index (κ1) is 10.4. The van der Waals surface area contributed by atoms with E-state index in [0.29, 0.717) is 12.2 Å². The molecule has 3 N–H and O–H groups in total. The van der Waals surface area contributed by atoms with Gasteiger partial charge in [0, 0.05) is 17.8 Å². The fourth-order valence-corrected chi connectivity index (χ4v) is 1.55. The van der Waals surface area contributed by atoms with Gasteiger partial charge in [0.05, 0.1) is 12.3 Å². The Hall–Kier alpha value is -1.13. The molecule has 15 heavy (non-hydrogen) atoms. The van der Waals surface area contributed by atoms with E-state index in [1.807, 2.05) is 6.92 Å². The zero-order valence-electron chi connectivity index (χ0n) is 8.82. The van der Waals surface area contributed by atoms with E-state index in [9.17, 15) is 5.11 Å². The van der Waals surface area contributed by atoms with Crippen molar-refractivity contribution in [2.24, 2.45) is 0 Å². The molecule has 1 aromatic heterocycles. The van der Waals surface area contributed by atoms with Gasteiger partial charge >= 0.3 is 0 Å². The summed E-state index contributed by atoms with van der Waals surface area (Å²) in [6, 6.07) is 3.43. The van der Waals surface area contributed by atoms with Gasteiger partial charge in [-0.3, -0.25) is 4.98 Å². The van der Waals surface area contributed by atoms with Gasteiger partial charge < -0.3 is 15.5 Å². The van der Waals surface area contributed by atoms with Crippen LogP contribution in [0.4, 0.5) is 0 Å². The number of pyridine rings is 1. The molecular weight excluding hydrogens is 192 g/mol. The lowest BCUT2D eigenvalue weighted by atomic mass is 10.2. The van der Waals surface area contributed by atoms with Gasteiger partial charge in [0.2, 0.25) is 0 Å². The highest BCUT2D eigenvalue weighted by atomic mass is 16.3. The van der Waals surface area contributed by atoms with Crippen LogP contribution in [-0.2, 0) is 6.54 Å². The minimum Gasteiger partial charge on any atom is -0.506 e. The minimum absolute atomic E-state index is 0.113. The van der Waals surface area contributed by atoms with Crippen LogP contribution in [0, 0.1) is 6.92 Å². The maximum atomic E-state index is 9.56. The number of aryl methyl sites for hydroxylation is 1. The molecule has 0 aliphatic heterocycles. The van der Waals surface area contributed by atoms with Crippen LogP contribution < -0.4 is 5.32 Å². The third-order valence-electron chi connectivity index (χ3n) is 2.88. The molecule has 0 amide bonds. The molecule has 2 rings (SSSR count). The lowest BCUT2D eigenvalue weighted by molar-refractivity contribution is 0.229. The molecule has 0 spiro atoms. The lowest BCUT2D eigenvalue weighted by Crippen LogP contribution is -2.34. The molecule has 1 saturated carbocycles. The van der Waals surface area contributed by atoms with Crippen molar-refractivity contribution in [3.05, 3.63) is 23.5 Å². The second-order valence-electron chi connectivity index (χ2n) is 4.21. The predicted octanol–water partition coefficient (Wildman–Crippen LogP) is 0.710. The van der Waals surface area contributed by atoms with Gasteiger partial charge in [0.15, 0.2) is 0 Å². The third kappa shape index (κ3) is 2.27. The Morgan fingerprint density at radius 1 is 1.47 bits per heavy atom. The molecule has 1 aliphatic rings. The molecule has 0 atom stereocenters. The van der Waals surface area contributed by atoms with Crippen LogP contribution in [0.2, 0.25) is 0 Å². The zero-order chi connectivity index (χ0) is 10.9. The number of aliphatic hydroxyl groups is 1. The summed E-state index contributed by atoms with van der Waals surface area (Å²) in [5.74, 6) is 0.210. The number of aliphatic hydroxyl groups excluding tert-OH is 1. The molecule has 4 nitrogen and oxygen atoms in total. The Bertz CT molecular complexity index is 362. The standard InChI is InChI=1S/C11H16N2O2/c1-8-2-3-10(15)9(13-8)6-12-11(7-14)4-5-11/h2-3,12,14-15H,4-7H2,1H3. The van der Waals surface area contributed by atoms with Gasteiger partial charge in [-0.05, 0) is 31.9 Å². The summed E-state index contributed by atoms with van der Waals surface area (Å²) >= 11 is 0. The van der Waals surface area contributed by atoms with Crippen molar-refractivity contribution in [2.45, 2.75) is 31.8 Å². The number of nitrogens with zero attached hydrogens (tertiary/aromatic N) is 1. The first-order valence-corrected chi connectivity index (χ1v) is 5.17. The summed E-state index contributed by atoms with van der Waals surface area (Å²) in [6.07, 6.45) is 1.99. The minimum atomic E-state index is -0.113. The number of hydrogen-bond acceptors (Lipinski definition) is 4. The van der Waals surface area contributed by atoms with Gasteiger partial charge in [-0.2, -0.15) is 0 Å². The van der Waals surface area contributed by atoms with Crippen LogP contribution in [-0.4, -0.2) is 27.3 Å². The van der Waals surface area contributed by atoms with Crippen LogP contribution in [0.25, 0.3) is 0 Å². The van der Waals surface area contributed by atoms with E-state index >= 15 is 0 Å². The summed E-state index contributed by atoms with van der Waals surface area (Å²) in [5.41, 5.74) is 1.42. The predicted molar refractivity (Wildman–Crippen MR) is 56.5 cm³/mol. The molecule has 1 fully saturated rings. The summed E-state index contributed by atoms with van der Waals surface area (Å²) in [5, 5.41) is 21.9. The van der Waals surface area contributed by atoms with E-state index in [4.69, 9.17) is 5.11 Å². The molecule has 0 saturated heterocycles. The fraction of sp³-hybridized carbons (Fsp3) is 0.545. The van der Waals surface area contributed by atoms with E-state index in [-0.39, 0.29) is 17.9 Å². The highest BCUT2D eigenvalue weighted by molar-refractivity contribution is 5.27. The van der Waals surface area contributed by atoms with Crippen molar-refractivity contribution in [3.8, 4) is 5.75 Å². The summed E-state index contributed by atoms with van der Waals surface area (Å²) < 4.78 is 0. The molecule has 0 radical (unpaired) electrons. The number of nitrogens with one attached hydrogen (secondary N) is 1. The molecule has 0 unspecified atom stereocenters. The van der Waals surface area contributed by atoms with Crippen molar-refractivity contribution in [3.63, 3.8) is 0 Å². The quantitative estimate of drug-likeness (QED) is 0.682. The van der Waals surface area contributed by atoms with Crippen LogP contribution in [0.3, 0.4) is 0 Å². The lowest BCUT2D eigenvalue weighted by Gasteiger charge is -2.14. The van der Waals surface area contributed by atoms with Crippen molar-refractivity contribution in [1.29, 1.82) is 0 Å². The van der Waals surface area contributed by atoms with Crippen LogP contribution in [0.1, 0.15) is 24.2 Å². The normalized spacial score (nSPS) is 17.7. The average Bonchev–Trinajstić information content (AvgIpc) is 3.00. The summed E-state index contributed by atoms with van der Waals surface area (Å²) in [6.45, 7) is 2.55. The Kier molecular flexibility index (Phi) is 2.63. The van der Waals surface area contributed by atoms with E-state index in [0.717, 1.165) is 18.5 Å². The maximum Gasteiger partial charge on any atom is 0.138 e. The van der Waals surface area contributed by atoms with Gasteiger partial charge in [-0.1, -0.05) is 0 Å². The highest BCUT2D eigenvalue weighted by Gasteiger charge is 2.41. The Morgan fingerprint density at radius 3 is 2.80 bits per heavy atom. The molecule has 0 aromatic carbocycles. The maximum absolute atomic E-state index is 9.56. The van der Waals surface area contributed by atoms with Crippen LogP contribution in [0.5, 0.6) is 5.75 Å². The molecule has 1 heterocycles. The highest BCUT2D eigenvalue weighted by Crippen LogP contribution is 2.35. The molecule has 1 aliphatic carbocycles. The topological polar surface area (TPSA) is 65.4 Å². The zero-order valence-corrected chi connectivity index (χ0v) is 8.82. The Labute approximate surface area is 89.0 Å². The van der Waals surface area contributed by atoms with Crippen molar-refractivity contribution in [1.82, 2.24) is 10.3 Å². The molecule has 82 valence electrons. The van der Waals surface area contributed by atoms with E-state index in [1.165, 1.54) is 0 Å². The summed E-state index contributed by atoms with van der Waals surface area (Å²) in [4.78, 5) is 4.24. The monoisotopic (exact) mass is 208 g/mol. The van der Waals surface area contributed by atoms with E-state index < -0.39 is 0 Å². The number of aromatic nitrogens is 1. The number of hydrogen-bond donors (Lipinski definition) is 3. The Balaban J connectivity index is 2.01. The number of aromatic hydroxyl groups is 1. The molecule has 0 bridgehead atoms. The smallest absolute Gasteiger partial charge is 0.138 e. The van der Waals surface area contributed by atoms with Crippen molar-refractivity contribution >= 4 is 0 Å². The first-order valence-electron chi connectivity index (χ1n) is 5.17. The SMILES string of the molecule is Cc1ccc(O)c(CNC2(CO)CC2)n1. The first-order chi connectivity index (χ1) is 7.15. The van der Waals surface area contributed by atoms with Gasteiger partial charge in [0.25, 0.3) is 0 Å². The van der Waals surface area contributed by atoms with E-state index in [1.54, 1.807) is 12.1 Å². The second kappa shape index (κ2) is 3.79. The van der Waals surface area contributed by atoms with Crippen LogP contribution >= 0.6 is 0 Å². The fourth-order valence-electron chi connectivity index (χ4n) is 1.55. The number of rotatable bonds is 4.